The van der Waals surface area contributed by atoms with Crippen LogP contribution in [0, 0.1) is 0 Å². The number of nitrogens with zero attached hydrogens (tertiary/aromatic N) is 2. The first kappa shape index (κ1) is 29.3. The first-order valence-corrected chi connectivity index (χ1v) is 14.9. The molecule has 3 amide bonds. The molecular formula is C34H40N4O4. The van der Waals surface area contributed by atoms with Crippen LogP contribution in [0.15, 0.2) is 78.9 Å². The quantitative estimate of drug-likeness (QED) is 0.375. The molecule has 0 unspecified atom stereocenters. The molecule has 2 fully saturated rings. The second-order valence-corrected chi connectivity index (χ2v) is 11.2. The van der Waals surface area contributed by atoms with Crippen molar-refractivity contribution in [1.82, 2.24) is 20.4 Å². The zero-order valence-electron chi connectivity index (χ0n) is 24.5. The molecule has 2 aliphatic heterocycles. The van der Waals surface area contributed by atoms with Gasteiger partial charge in [-0.05, 0) is 66.8 Å². The molecule has 0 bridgehead atoms. The summed E-state index contributed by atoms with van der Waals surface area (Å²) in [4.78, 5) is 43.4. The molecule has 1 spiro atoms. The molecule has 2 aliphatic rings. The Labute approximate surface area is 248 Å². The molecule has 2 N–H and O–H groups in total. The number of amides is 3. The van der Waals surface area contributed by atoms with Gasteiger partial charge in [-0.15, -0.1) is 0 Å². The van der Waals surface area contributed by atoms with Crippen LogP contribution in [0.2, 0.25) is 0 Å². The van der Waals surface area contributed by atoms with Crippen LogP contribution < -0.4 is 15.4 Å². The molecule has 3 aromatic carbocycles. The molecule has 2 saturated heterocycles. The highest BCUT2D eigenvalue weighted by Gasteiger charge is 2.53. The molecule has 0 radical (unpaired) electrons. The van der Waals surface area contributed by atoms with Crippen molar-refractivity contribution in [1.29, 1.82) is 0 Å². The van der Waals surface area contributed by atoms with Crippen molar-refractivity contribution in [2.24, 2.45) is 0 Å². The maximum Gasteiger partial charge on any atom is 0.251 e. The van der Waals surface area contributed by atoms with Gasteiger partial charge in [-0.3, -0.25) is 19.3 Å². The van der Waals surface area contributed by atoms with Crippen LogP contribution in [0.4, 0.5) is 0 Å². The van der Waals surface area contributed by atoms with E-state index in [-0.39, 0.29) is 17.7 Å². The van der Waals surface area contributed by atoms with Gasteiger partial charge < -0.3 is 20.3 Å². The highest BCUT2D eigenvalue weighted by atomic mass is 16.5. The number of likely N-dealkylation sites (tertiary alicyclic amines) is 1. The Hall–Kier alpha value is -4.17. The van der Waals surface area contributed by atoms with Crippen LogP contribution in [0.25, 0.3) is 0 Å². The molecule has 1 atom stereocenters. The summed E-state index contributed by atoms with van der Waals surface area (Å²) < 4.78 is 5.95. The van der Waals surface area contributed by atoms with E-state index in [1.165, 1.54) is 0 Å². The number of carbonyl (C=O) groups is 3. The number of unbranched alkanes of at least 4 members (excludes halogenated alkanes) is 1. The Morgan fingerprint density at radius 2 is 1.57 bits per heavy atom. The summed E-state index contributed by atoms with van der Waals surface area (Å²) in [7, 11) is 1.61. The Morgan fingerprint density at radius 3 is 2.19 bits per heavy atom. The monoisotopic (exact) mass is 568 g/mol. The molecule has 220 valence electrons. The summed E-state index contributed by atoms with van der Waals surface area (Å²) in [6.45, 7) is 4.97. The third-order valence-electron chi connectivity index (χ3n) is 8.42. The maximum atomic E-state index is 13.7. The fourth-order valence-corrected chi connectivity index (χ4v) is 5.96. The van der Waals surface area contributed by atoms with E-state index in [0.29, 0.717) is 37.1 Å². The lowest BCUT2D eigenvalue weighted by Crippen LogP contribution is -2.73. The van der Waals surface area contributed by atoms with Gasteiger partial charge in [0.25, 0.3) is 5.91 Å². The van der Waals surface area contributed by atoms with Crippen molar-refractivity contribution in [2.45, 2.75) is 57.2 Å². The average Bonchev–Trinajstić information content (AvgIpc) is 3.02. The molecule has 2 heterocycles. The first-order chi connectivity index (χ1) is 20.4. The lowest BCUT2D eigenvalue weighted by atomic mass is 9.81. The van der Waals surface area contributed by atoms with Gasteiger partial charge in [-0.2, -0.15) is 0 Å². The van der Waals surface area contributed by atoms with Crippen molar-refractivity contribution < 1.29 is 19.1 Å². The third-order valence-corrected chi connectivity index (χ3v) is 8.42. The molecule has 8 heteroatoms. The third kappa shape index (κ3) is 6.49. The van der Waals surface area contributed by atoms with E-state index in [2.05, 4.69) is 34.6 Å². The molecule has 0 aliphatic carbocycles. The second-order valence-electron chi connectivity index (χ2n) is 11.2. The Bertz CT molecular complexity index is 1370. The van der Waals surface area contributed by atoms with Crippen LogP contribution in [-0.4, -0.2) is 65.8 Å². The van der Waals surface area contributed by atoms with E-state index in [1.807, 2.05) is 47.4 Å². The second kappa shape index (κ2) is 13.2. The van der Waals surface area contributed by atoms with E-state index in [1.54, 1.807) is 31.3 Å². The molecule has 5 rings (SSSR count). The number of piperazine rings is 1. The Morgan fingerprint density at radius 1 is 0.929 bits per heavy atom. The van der Waals surface area contributed by atoms with Gasteiger partial charge >= 0.3 is 0 Å². The van der Waals surface area contributed by atoms with Crippen molar-refractivity contribution in [3.8, 4) is 11.5 Å². The van der Waals surface area contributed by atoms with Gasteiger partial charge in [-0.25, -0.2) is 0 Å². The first-order valence-electron chi connectivity index (χ1n) is 14.9. The van der Waals surface area contributed by atoms with Gasteiger partial charge in [0.2, 0.25) is 11.8 Å². The smallest absolute Gasteiger partial charge is 0.251 e. The van der Waals surface area contributed by atoms with Crippen LogP contribution in [0.3, 0.4) is 0 Å². The topological polar surface area (TPSA) is 91.0 Å². The molecule has 42 heavy (non-hydrogen) atoms. The number of hydrogen-bond donors (Lipinski definition) is 2. The predicted octanol–water partition coefficient (Wildman–Crippen LogP) is 4.54. The molecule has 0 saturated carbocycles. The zero-order chi connectivity index (χ0) is 29.5. The summed E-state index contributed by atoms with van der Waals surface area (Å²) in [5.74, 6) is 1.28. The Balaban J connectivity index is 1.19. The lowest BCUT2D eigenvalue weighted by Gasteiger charge is -2.51. The van der Waals surface area contributed by atoms with E-state index >= 15 is 0 Å². The minimum Gasteiger partial charge on any atom is -0.457 e. The number of nitrogens with one attached hydrogen (secondary N) is 2. The fraction of sp³-hybridized carbons (Fsp3) is 0.382. The minimum absolute atomic E-state index is 0.0105. The predicted molar refractivity (Wildman–Crippen MR) is 162 cm³/mol. The standard InChI is InChI=1S/C34H40N4O4/c1-3-4-20-38-32(40)30(23-25-8-6-5-7-9-25)36-33(41)34(38)18-21-37(22-19-34)24-26-10-14-28(15-11-26)42-29-16-12-27(13-17-29)31(39)35-2/h5-17,30H,3-4,18-24H2,1-2H3,(H,35,39)(H,36,41)/t30-/m0/s1. The zero-order valence-corrected chi connectivity index (χ0v) is 24.5. The molecular weight excluding hydrogens is 528 g/mol. The van der Waals surface area contributed by atoms with Crippen molar-refractivity contribution in [2.75, 3.05) is 26.7 Å². The number of piperidine rings is 1. The number of benzene rings is 3. The van der Waals surface area contributed by atoms with Gasteiger partial charge in [-0.1, -0.05) is 55.8 Å². The SMILES string of the molecule is CCCCN1C(=O)[C@H](Cc2ccccc2)NC(=O)C12CCN(Cc1ccc(Oc3ccc(C(=O)NC)cc3)cc1)CC2. The summed E-state index contributed by atoms with van der Waals surface area (Å²) in [5, 5.41) is 5.71. The molecule has 3 aromatic rings. The van der Waals surface area contributed by atoms with Crippen LogP contribution >= 0.6 is 0 Å². The Kier molecular flexibility index (Phi) is 9.22. The minimum atomic E-state index is -0.777. The number of rotatable bonds is 10. The number of carbonyl (C=O) groups excluding carboxylic acids is 3. The maximum absolute atomic E-state index is 13.7. The number of ether oxygens (including phenoxy) is 1. The van der Waals surface area contributed by atoms with Gasteiger partial charge in [0, 0.05) is 45.2 Å². The average molecular weight is 569 g/mol. The lowest BCUT2D eigenvalue weighted by molar-refractivity contribution is -0.161. The molecule has 8 nitrogen and oxygen atoms in total. The molecule has 0 aromatic heterocycles. The number of hydrogen-bond acceptors (Lipinski definition) is 5. The van der Waals surface area contributed by atoms with E-state index in [9.17, 15) is 14.4 Å². The normalized spacial score (nSPS) is 18.5. The van der Waals surface area contributed by atoms with Crippen LogP contribution in [0.1, 0.15) is 54.1 Å². The summed E-state index contributed by atoms with van der Waals surface area (Å²) in [6.07, 6.45) is 3.61. The van der Waals surface area contributed by atoms with Gasteiger partial charge in [0.15, 0.2) is 0 Å². The van der Waals surface area contributed by atoms with Crippen molar-refractivity contribution >= 4 is 17.7 Å². The van der Waals surface area contributed by atoms with Crippen LogP contribution in [-0.2, 0) is 22.6 Å². The van der Waals surface area contributed by atoms with Gasteiger partial charge in [0.05, 0.1) is 0 Å². The summed E-state index contributed by atoms with van der Waals surface area (Å²) in [6, 6.07) is 24.4. The van der Waals surface area contributed by atoms with Crippen molar-refractivity contribution in [3.63, 3.8) is 0 Å². The van der Waals surface area contributed by atoms with Crippen LogP contribution in [0.5, 0.6) is 11.5 Å². The van der Waals surface area contributed by atoms with E-state index in [0.717, 1.165) is 49.4 Å². The van der Waals surface area contributed by atoms with Crippen molar-refractivity contribution in [3.05, 3.63) is 95.6 Å². The van der Waals surface area contributed by atoms with Gasteiger partial charge in [0.1, 0.15) is 23.1 Å². The highest BCUT2D eigenvalue weighted by molar-refractivity contribution is 6.00. The highest BCUT2D eigenvalue weighted by Crippen LogP contribution is 2.34. The fourth-order valence-electron chi connectivity index (χ4n) is 5.96. The summed E-state index contributed by atoms with van der Waals surface area (Å²) in [5.41, 5.74) is 2.01. The summed E-state index contributed by atoms with van der Waals surface area (Å²) >= 11 is 0. The largest absolute Gasteiger partial charge is 0.457 e. The van der Waals surface area contributed by atoms with E-state index < -0.39 is 11.6 Å². The van der Waals surface area contributed by atoms with E-state index in [4.69, 9.17) is 4.74 Å².